The van der Waals surface area contributed by atoms with Crippen LogP contribution in [0.15, 0.2) is 79.0 Å². The molecule has 33 heavy (non-hydrogen) atoms. The third-order valence-electron chi connectivity index (χ3n) is 6.29. The van der Waals surface area contributed by atoms with Crippen molar-refractivity contribution in [2.45, 2.75) is 32.9 Å². The maximum Gasteiger partial charge on any atom is 0.174 e. The molecule has 1 fully saturated rings. The van der Waals surface area contributed by atoms with Gasteiger partial charge in [0.05, 0.1) is 23.5 Å². The molecule has 4 aromatic rings. The van der Waals surface area contributed by atoms with Gasteiger partial charge in [0, 0.05) is 23.3 Å². The second-order valence-electron chi connectivity index (χ2n) is 8.49. The number of pyridine rings is 1. The molecule has 166 valence electrons. The Bertz CT molecular complexity index is 1330. The molecule has 3 heterocycles. The highest BCUT2D eigenvalue weighted by atomic mass is 32.1. The number of anilines is 1. The van der Waals surface area contributed by atoms with Crippen LogP contribution in [0.25, 0.3) is 5.69 Å². The van der Waals surface area contributed by atoms with E-state index < -0.39 is 0 Å². The summed E-state index contributed by atoms with van der Waals surface area (Å²) in [5, 5.41) is 14.8. The van der Waals surface area contributed by atoms with Crippen LogP contribution in [0.3, 0.4) is 0 Å². The molecule has 1 aliphatic rings. The summed E-state index contributed by atoms with van der Waals surface area (Å²) in [5.74, 6) is 0.253. The van der Waals surface area contributed by atoms with E-state index in [0.717, 1.165) is 34.0 Å². The first-order valence-electron chi connectivity index (χ1n) is 11.0. The van der Waals surface area contributed by atoms with E-state index >= 15 is 0 Å². The second-order valence-corrected chi connectivity index (χ2v) is 8.87. The van der Waals surface area contributed by atoms with Crippen molar-refractivity contribution in [2.75, 3.05) is 4.90 Å². The molecular formula is C27H26N4OS. The van der Waals surface area contributed by atoms with Crippen LogP contribution < -0.4 is 10.2 Å². The average molecular weight is 455 g/mol. The number of nitrogens with one attached hydrogen (secondary N) is 1. The zero-order valence-corrected chi connectivity index (χ0v) is 19.7. The minimum Gasteiger partial charge on any atom is -0.506 e. The van der Waals surface area contributed by atoms with Gasteiger partial charge in [0.25, 0.3) is 0 Å². The van der Waals surface area contributed by atoms with E-state index in [1.807, 2.05) is 42.6 Å². The number of aryl methyl sites for hydroxylation is 2. The Morgan fingerprint density at radius 1 is 0.939 bits per heavy atom. The number of hydrogen-bond donors (Lipinski definition) is 2. The lowest BCUT2D eigenvalue weighted by Crippen LogP contribution is -2.29. The summed E-state index contributed by atoms with van der Waals surface area (Å²) in [5.41, 5.74) is 7.17. The molecule has 2 N–H and O–H groups in total. The lowest BCUT2D eigenvalue weighted by atomic mass is 9.96. The van der Waals surface area contributed by atoms with E-state index in [1.54, 1.807) is 6.07 Å². The molecule has 0 unspecified atom stereocenters. The van der Waals surface area contributed by atoms with Crippen molar-refractivity contribution >= 4 is 23.0 Å². The van der Waals surface area contributed by atoms with Crippen molar-refractivity contribution in [3.05, 3.63) is 107 Å². The van der Waals surface area contributed by atoms with Crippen LogP contribution in [0.1, 0.15) is 40.3 Å². The number of para-hydroxylation sites is 2. The maximum absolute atomic E-state index is 10.5. The van der Waals surface area contributed by atoms with Gasteiger partial charge in [0.1, 0.15) is 5.75 Å². The molecule has 2 aromatic heterocycles. The molecular weight excluding hydrogens is 428 g/mol. The summed E-state index contributed by atoms with van der Waals surface area (Å²) < 4.78 is 2.11. The molecule has 0 aliphatic carbocycles. The Labute approximate surface area is 199 Å². The molecule has 0 bridgehead atoms. The smallest absolute Gasteiger partial charge is 0.174 e. The Balaban J connectivity index is 1.70. The minimum absolute atomic E-state index is 0.0972. The van der Waals surface area contributed by atoms with Crippen LogP contribution in [0.4, 0.5) is 5.69 Å². The molecule has 2 atom stereocenters. The quantitative estimate of drug-likeness (QED) is 0.389. The largest absolute Gasteiger partial charge is 0.506 e. The Hall–Kier alpha value is -3.64. The number of phenols is 1. The fraction of sp³-hybridized carbons (Fsp3) is 0.185. The van der Waals surface area contributed by atoms with E-state index in [9.17, 15) is 5.11 Å². The van der Waals surface area contributed by atoms with Crippen LogP contribution in [0, 0.1) is 20.8 Å². The van der Waals surface area contributed by atoms with Gasteiger partial charge < -0.3 is 19.9 Å². The molecule has 1 saturated heterocycles. The standard InChI is InChI=1S/C27H26N4OS/c1-17-9-8-10-20(15-17)31-26(25(29-27(31)33)22-11-6-7-14-28-22)21-16-18(2)30(19(21)3)23-12-4-5-13-24(23)32/h4-16,25-26,32H,1-3H3,(H,29,33)/t25-,26+/m0/s1. The van der Waals surface area contributed by atoms with Crippen molar-refractivity contribution < 1.29 is 5.11 Å². The maximum atomic E-state index is 10.5. The van der Waals surface area contributed by atoms with Gasteiger partial charge in [0.2, 0.25) is 0 Å². The lowest BCUT2D eigenvalue weighted by Gasteiger charge is -2.28. The van der Waals surface area contributed by atoms with Gasteiger partial charge in [-0.15, -0.1) is 0 Å². The summed E-state index contributed by atoms with van der Waals surface area (Å²) in [7, 11) is 0. The van der Waals surface area contributed by atoms with Gasteiger partial charge in [-0.3, -0.25) is 4.98 Å². The van der Waals surface area contributed by atoms with Gasteiger partial charge in [-0.05, 0) is 86.6 Å². The number of benzene rings is 2. The van der Waals surface area contributed by atoms with Gasteiger partial charge in [-0.2, -0.15) is 0 Å². The van der Waals surface area contributed by atoms with Crippen LogP contribution >= 0.6 is 12.2 Å². The lowest BCUT2D eigenvalue weighted by molar-refractivity contribution is 0.471. The van der Waals surface area contributed by atoms with E-state index in [2.05, 4.69) is 70.9 Å². The third kappa shape index (κ3) is 3.66. The van der Waals surface area contributed by atoms with Gasteiger partial charge in [-0.25, -0.2) is 0 Å². The first kappa shape index (κ1) is 21.2. The summed E-state index contributed by atoms with van der Waals surface area (Å²) >= 11 is 5.86. The Morgan fingerprint density at radius 3 is 2.45 bits per heavy atom. The normalized spacial score (nSPS) is 17.9. The van der Waals surface area contributed by atoms with Crippen LogP contribution in [-0.2, 0) is 0 Å². The summed E-state index contributed by atoms with van der Waals surface area (Å²) in [6, 6.07) is 23.8. The molecule has 0 spiro atoms. The molecule has 2 aromatic carbocycles. The van der Waals surface area contributed by atoms with Crippen molar-refractivity contribution in [3.63, 3.8) is 0 Å². The van der Waals surface area contributed by atoms with E-state index in [-0.39, 0.29) is 17.8 Å². The van der Waals surface area contributed by atoms with Crippen molar-refractivity contribution in [1.29, 1.82) is 0 Å². The molecule has 0 saturated carbocycles. The number of thiocarbonyl (C=S) groups is 1. The van der Waals surface area contributed by atoms with Gasteiger partial charge >= 0.3 is 0 Å². The zero-order chi connectivity index (χ0) is 23.1. The van der Waals surface area contributed by atoms with Crippen LogP contribution in [-0.4, -0.2) is 19.8 Å². The number of nitrogens with zero attached hydrogens (tertiary/aromatic N) is 3. The topological polar surface area (TPSA) is 53.3 Å². The summed E-state index contributed by atoms with van der Waals surface area (Å²) in [6.45, 7) is 6.25. The monoisotopic (exact) mass is 454 g/mol. The fourth-order valence-corrected chi connectivity index (χ4v) is 5.18. The summed E-state index contributed by atoms with van der Waals surface area (Å²) in [6.07, 6.45) is 1.82. The highest BCUT2D eigenvalue weighted by Crippen LogP contribution is 2.44. The predicted molar refractivity (Wildman–Crippen MR) is 136 cm³/mol. The highest BCUT2D eigenvalue weighted by Gasteiger charge is 2.42. The SMILES string of the molecule is Cc1cccc(N2C(=S)N[C@@H](c3ccccn3)[C@H]2c2cc(C)n(-c3ccccc3O)c2C)c1. The minimum atomic E-state index is -0.113. The number of aromatic nitrogens is 2. The Kier molecular flexibility index (Phi) is 5.38. The average Bonchev–Trinajstić information content (AvgIpc) is 3.30. The fourth-order valence-electron chi connectivity index (χ4n) is 4.84. The van der Waals surface area contributed by atoms with Gasteiger partial charge in [0.15, 0.2) is 5.11 Å². The second kappa shape index (κ2) is 8.37. The molecule has 0 amide bonds. The van der Waals surface area contributed by atoms with E-state index in [1.165, 1.54) is 5.56 Å². The first-order chi connectivity index (χ1) is 16.0. The molecule has 6 heteroatoms. The number of rotatable bonds is 4. The summed E-state index contributed by atoms with van der Waals surface area (Å²) in [4.78, 5) is 6.85. The zero-order valence-electron chi connectivity index (χ0n) is 18.9. The number of aromatic hydroxyl groups is 1. The van der Waals surface area contributed by atoms with Crippen molar-refractivity contribution in [2.24, 2.45) is 0 Å². The Morgan fingerprint density at radius 2 is 1.73 bits per heavy atom. The third-order valence-corrected chi connectivity index (χ3v) is 6.60. The van der Waals surface area contributed by atoms with Crippen molar-refractivity contribution in [3.8, 4) is 11.4 Å². The molecule has 0 radical (unpaired) electrons. The number of phenolic OH excluding ortho intramolecular Hbond substituents is 1. The first-order valence-corrected chi connectivity index (χ1v) is 11.4. The molecule has 5 rings (SSSR count). The van der Waals surface area contributed by atoms with Crippen molar-refractivity contribution in [1.82, 2.24) is 14.9 Å². The van der Waals surface area contributed by atoms with Crippen LogP contribution in [0.5, 0.6) is 5.75 Å². The van der Waals surface area contributed by atoms with Crippen LogP contribution in [0.2, 0.25) is 0 Å². The number of hydrogen-bond acceptors (Lipinski definition) is 3. The van der Waals surface area contributed by atoms with E-state index in [0.29, 0.717) is 5.11 Å². The van der Waals surface area contributed by atoms with E-state index in [4.69, 9.17) is 12.2 Å². The highest BCUT2D eigenvalue weighted by molar-refractivity contribution is 7.80. The predicted octanol–water partition coefficient (Wildman–Crippen LogP) is 5.68. The van der Waals surface area contributed by atoms with Gasteiger partial charge in [-0.1, -0.05) is 30.3 Å². The molecule has 1 aliphatic heterocycles. The molecule has 5 nitrogen and oxygen atoms in total.